The van der Waals surface area contributed by atoms with Gasteiger partial charge in [0.25, 0.3) is 5.91 Å². The van der Waals surface area contributed by atoms with Gasteiger partial charge in [-0.2, -0.15) is 0 Å². The zero-order chi connectivity index (χ0) is 12.2. The van der Waals surface area contributed by atoms with Crippen LogP contribution in [0.25, 0.3) is 0 Å². The zero-order valence-electron chi connectivity index (χ0n) is 9.61. The fraction of sp³-hybridized carbons (Fsp3) is 0.333. The minimum absolute atomic E-state index is 0.202. The topological polar surface area (TPSA) is 55.4 Å². The predicted octanol–water partition coefficient (Wildman–Crippen LogP) is 1.40. The van der Waals surface area contributed by atoms with Crippen LogP contribution in [0.15, 0.2) is 24.3 Å². The molecule has 16 heavy (non-hydrogen) atoms. The summed E-state index contributed by atoms with van der Waals surface area (Å²) < 4.78 is 5.53. The second kappa shape index (κ2) is 4.79. The molecular formula is C12H15NO3. The molecule has 4 heteroatoms. The number of aldehydes is 1. The van der Waals surface area contributed by atoms with Crippen molar-refractivity contribution in [3.05, 3.63) is 29.8 Å². The van der Waals surface area contributed by atoms with E-state index in [2.05, 4.69) is 5.32 Å². The Bertz CT molecular complexity index is 382. The van der Waals surface area contributed by atoms with Crippen LogP contribution in [-0.4, -0.2) is 24.8 Å². The average molecular weight is 221 g/mol. The van der Waals surface area contributed by atoms with Crippen molar-refractivity contribution in [1.29, 1.82) is 0 Å². The van der Waals surface area contributed by atoms with E-state index in [1.807, 2.05) is 0 Å². The lowest BCUT2D eigenvalue weighted by atomic mass is 10.1. The van der Waals surface area contributed by atoms with Crippen LogP contribution in [0.4, 0.5) is 0 Å². The monoisotopic (exact) mass is 221 g/mol. The van der Waals surface area contributed by atoms with E-state index >= 15 is 0 Å². The molecule has 0 radical (unpaired) electrons. The van der Waals surface area contributed by atoms with Crippen LogP contribution < -0.4 is 10.1 Å². The van der Waals surface area contributed by atoms with Crippen molar-refractivity contribution in [3.8, 4) is 5.75 Å². The standard InChI is InChI=1S/C12H15NO3/c1-12(2,11(15)13-3)16-10-6-4-9(8-14)5-7-10/h4-8H,1-3H3,(H,13,15). The highest BCUT2D eigenvalue weighted by Crippen LogP contribution is 2.18. The first-order valence-corrected chi connectivity index (χ1v) is 4.96. The van der Waals surface area contributed by atoms with Crippen molar-refractivity contribution in [3.63, 3.8) is 0 Å². The van der Waals surface area contributed by atoms with Gasteiger partial charge in [-0.1, -0.05) is 0 Å². The lowest BCUT2D eigenvalue weighted by Gasteiger charge is -2.24. The number of ether oxygens (including phenoxy) is 1. The third kappa shape index (κ3) is 2.82. The summed E-state index contributed by atoms with van der Waals surface area (Å²) in [6, 6.07) is 6.60. The highest BCUT2D eigenvalue weighted by molar-refractivity contribution is 5.84. The van der Waals surface area contributed by atoms with Crippen LogP contribution >= 0.6 is 0 Å². The first-order chi connectivity index (χ1) is 7.49. The van der Waals surface area contributed by atoms with Gasteiger partial charge in [-0.15, -0.1) is 0 Å². The smallest absolute Gasteiger partial charge is 0.263 e. The number of benzene rings is 1. The summed E-state index contributed by atoms with van der Waals surface area (Å²) in [5, 5.41) is 2.53. The Kier molecular flexibility index (Phi) is 3.66. The Labute approximate surface area is 94.6 Å². The summed E-state index contributed by atoms with van der Waals surface area (Å²) in [7, 11) is 1.56. The number of rotatable bonds is 4. The van der Waals surface area contributed by atoms with Gasteiger partial charge in [-0.05, 0) is 38.1 Å². The van der Waals surface area contributed by atoms with E-state index in [0.717, 1.165) is 6.29 Å². The Morgan fingerprint density at radius 1 is 1.31 bits per heavy atom. The minimum Gasteiger partial charge on any atom is -0.478 e. The first-order valence-electron chi connectivity index (χ1n) is 4.96. The number of hydrogen-bond acceptors (Lipinski definition) is 3. The van der Waals surface area contributed by atoms with Crippen LogP contribution in [0.2, 0.25) is 0 Å². The first kappa shape index (κ1) is 12.2. The summed E-state index contributed by atoms with van der Waals surface area (Å²) in [4.78, 5) is 21.9. The van der Waals surface area contributed by atoms with Gasteiger partial charge in [-0.3, -0.25) is 9.59 Å². The molecule has 0 aliphatic carbocycles. The number of hydrogen-bond donors (Lipinski definition) is 1. The Morgan fingerprint density at radius 2 is 1.88 bits per heavy atom. The highest BCUT2D eigenvalue weighted by Gasteiger charge is 2.28. The van der Waals surface area contributed by atoms with Gasteiger partial charge in [0.15, 0.2) is 5.60 Å². The van der Waals surface area contributed by atoms with Crippen LogP contribution in [0.3, 0.4) is 0 Å². The molecule has 0 unspecified atom stereocenters. The SMILES string of the molecule is CNC(=O)C(C)(C)Oc1ccc(C=O)cc1. The maximum atomic E-state index is 11.5. The van der Waals surface area contributed by atoms with Gasteiger partial charge in [0.1, 0.15) is 12.0 Å². The van der Waals surface area contributed by atoms with E-state index in [4.69, 9.17) is 4.74 Å². The van der Waals surface area contributed by atoms with Gasteiger partial charge >= 0.3 is 0 Å². The number of carbonyl (C=O) groups excluding carboxylic acids is 2. The second-order valence-electron chi connectivity index (χ2n) is 3.88. The Morgan fingerprint density at radius 3 is 2.31 bits per heavy atom. The molecule has 1 aromatic carbocycles. The minimum atomic E-state index is -0.933. The molecule has 1 rings (SSSR count). The molecule has 0 atom stereocenters. The van der Waals surface area contributed by atoms with Gasteiger partial charge in [0.05, 0.1) is 0 Å². The number of carbonyl (C=O) groups is 2. The zero-order valence-corrected chi connectivity index (χ0v) is 9.61. The third-order valence-electron chi connectivity index (χ3n) is 2.16. The lowest BCUT2D eigenvalue weighted by molar-refractivity contribution is -0.133. The summed E-state index contributed by atoms with van der Waals surface area (Å²) in [5.74, 6) is 0.353. The second-order valence-corrected chi connectivity index (χ2v) is 3.88. The number of nitrogens with one attached hydrogen (secondary N) is 1. The maximum Gasteiger partial charge on any atom is 0.263 e. The number of likely N-dealkylation sites (N-methyl/N-ethyl adjacent to an activating group) is 1. The Hall–Kier alpha value is -1.84. The molecule has 1 N–H and O–H groups in total. The molecule has 0 fully saturated rings. The molecule has 0 aliphatic heterocycles. The average Bonchev–Trinajstić information content (AvgIpc) is 2.28. The van der Waals surface area contributed by atoms with E-state index < -0.39 is 5.60 Å². The van der Waals surface area contributed by atoms with Crippen LogP contribution in [0.1, 0.15) is 24.2 Å². The summed E-state index contributed by atoms with van der Waals surface area (Å²) >= 11 is 0. The van der Waals surface area contributed by atoms with Crippen molar-refractivity contribution in [2.45, 2.75) is 19.4 Å². The van der Waals surface area contributed by atoms with Gasteiger partial charge in [-0.25, -0.2) is 0 Å². The lowest BCUT2D eigenvalue weighted by Crippen LogP contribution is -2.45. The van der Waals surface area contributed by atoms with Gasteiger partial charge < -0.3 is 10.1 Å². The van der Waals surface area contributed by atoms with E-state index in [1.54, 1.807) is 45.2 Å². The van der Waals surface area contributed by atoms with Gasteiger partial charge in [0, 0.05) is 12.6 Å². The quantitative estimate of drug-likeness (QED) is 0.782. The van der Waals surface area contributed by atoms with Crippen molar-refractivity contribution in [1.82, 2.24) is 5.32 Å². The molecule has 0 bridgehead atoms. The fourth-order valence-electron chi connectivity index (χ4n) is 1.26. The molecule has 1 amide bonds. The van der Waals surface area contributed by atoms with Crippen molar-refractivity contribution < 1.29 is 14.3 Å². The summed E-state index contributed by atoms with van der Waals surface area (Å²) in [6.45, 7) is 3.36. The van der Waals surface area contributed by atoms with Crippen LogP contribution in [-0.2, 0) is 4.79 Å². The predicted molar refractivity (Wildman–Crippen MR) is 60.6 cm³/mol. The fourth-order valence-corrected chi connectivity index (χ4v) is 1.26. The normalized spacial score (nSPS) is 10.7. The molecule has 0 spiro atoms. The summed E-state index contributed by atoms with van der Waals surface area (Å²) in [6.07, 6.45) is 0.758. The van der Waals surface area contributed by atoms with Crippen molar-refractivity contribution >= 4 is 12.2 Å². The van der Waals surface area contributed by atoms with Crippen LogP contribution in [0, 0.1) is 0 Å². The van der Waals surface area contributed by atoms with Gasteiger partial charge in [0.2, 0.25) is 0 Å². The molecule has 86 valence electrons. The van der Waals surface area contributed by atoms with E-state index in [1.165, 1.54) is 0 Å². The molecular weight excluding hydrogens is 206 g/mol. The molecule has 0 heterocycles. The molecule has 4 nitrogen and oxygen atoms in total. The summed E-state index contributed by atoms with van der Waals surface area (Å²) in [5.41, 5.74) is -0.359. The largest absolute Gasteiger partial charge is 0.478 e. The highest BCUT2D eigenvalue weighted by atomic mass is 16.5. The molecule has 0 aromatic heterocycles. The van der Waals surface area contributed by atoms with E-state index in [0.29, 0.717) is 11.3 Å². The van der Waals surface area contributed by atoms with E-state index in [9.17, 15) is 9.59 Å². The van der Waals surface area contributed by atoms with Crippen molar-refractivity contribution in [2.24, 2.45) is 0 Å². The van der Waals surface area contributed by atoms with Crippen LogP contribution in [0.5, 0.6) is 5.75 Å². The van der Waals surface area contributed by atoms with E-state index in [-0.39, 0.29) is 5.91 Å². The maximum absolute atomic E-state index is 11.5. The third-order valence-corrected chi connectivity index (χ3v) is 2.16. The molecule has 0 aliphatic rings. The molecule has 1 aromatic rings. The Balaban J connectivity index is 2.79. The van der Waals surface area contributed by atoms with Crippen molar-refractivity contribution in [2.75, 3.05) is 7.05 Å². The molecule has 0 saturated heterocycles. The number of amides is 1. The molecule has 0 saturated carbocycles.